The summed E-state index contributed by atoms with van der Waals surface area (Å²) in [5.74, 6) is 2.39. The first-order chi connectivity index (χ1) is 17.3. The number of unbranched alkanes of at least 4 members (excludes halogenated alkanes) is 18. The molecule has 0 bridgehead atoms. The first-order valence-electron chi connectivity index (χ1n) is 15.1. The molecule has 200 valence electrons. The van der Waals surface area contributed by atoms with Crippen molar-refractivity contribution >= 4 is 34.6 Å². The number of thioether (sulfide) groups is 2. The summed E-state index contributed by atoms with van der Waals surface area (Å²) in [6.45, 7) is 4.59. The molecule has 0 saturated carbocycles. The molecule has 0 aliphatic carbocycles. The summed E-state index contributed by atoms with van der Waals surface area (Å²) < 4.78 is 0. The maximum atomic E-state index is 4.95. The zero-order valence-electron chi connectivity index (χ0n) is 23.1. The summed E-state index contributed by atoms with van der Waals surface area (Å²) in [7, 11) is 0. The SMILES string of the molecule is CCCCCCCCCCCCSc1nc2c(SCCCCCCCCCCCC)cccc2[nH]1. The number of fused-ring (bicyclic) bond motifs is 1. The Bertz CT molecular complexity index is 743. The highest BCUT2D eigenvalue weighted by Gasteiger charge is 2.08. The number of rotatable bonds is 24. The van der Waals surface area contributed by atoms with Crippen LogP contribution in [0.4, 0.5) is 0 Å². The second-order valence-corrected chi connectivity index (χ2v) is 12.5. The van der Waals surface area contributed by atoms with Crippen LogP contribution in [0.25, 0.3) is 11.0 Å². The van der Waals surface area contributed by atoms with Crippen molar-refractivity contribution in [3.05, 3.63) is 18.2 Å². The highest BCUT2D eigenvalue weighted by atomic mass is 32.2. The standard InChI is InChI=1S/C31H54N2S2/c1-3-5-7-9-11-13-15-17-19-21-26-34-29-25-23-24-28-30(29)33-31(32-28)35-27-22-20-18-16-14-12-10-8-6-4-2/h23-25H,3-22,26-27H2,1-2H3,(H,32,33). The number of imidazole rings is 1. The van der Waals surface area contributed by atoms with Crippen molar-refractivity contribution in [2.75, 3.05) is 11.5 Å². The molecule has 1 aromatic heterocycles. The summed E-state index contributed by atoms with van der Waals surface area (Å²) >= 11 is 3.90. The van der Waals surface area contributed by atoms with Crippen LogP contribution in [0.5, 0.6) is 0 Å². The van der Waals surface area contributed by atoms with E-state index in [4.69, 9.17) is 4.98 Å². The molecular weight excluding hydrogens is 464 g/mol. The van der Waals surface area contributed by atoms with E-state index in [0.29, 0.717) is 0 Å². The molecule has 35 heavy (non-hydrogen) atoms. The average molecular weight is 519 g/mol. The van der Waals surface area contributed by atoms with Crippen molar-refractivity contribution < 1.29 is 0 Å². The van der Waals surface area contributed by atoms with Gasteiger partial charge in [-0.1, -0.05) is 147 Å². The van der Waals surface area contributed by atoms with Crippen molar-refractivity contribution in [1.82, 2.24) is 9.97 Å². The van der Waals surface area contributed by atoms with Crippen molar-refractivity contribution in [3.63, 3.8) is 0 Å². The van der Waals surface area contributed by atoms with Gasteiger partial charge >= 0.3 is 0 Å². The van der Waals surface area contributed by atoms with Gasteiger partial charge in [-0.05, 0) is 30.7 Å². The van der Waals surface area contributed by atoms with Gasteiger partial charge in [0.2, 0.25) is 0 Å². The Balaban J connectivity index is 1.53. The maximum absolute atomic E-state index is 4.95. The second kappa shape index (κ2) is 21.5. The number of para-hydroxylation sites is 1. The zero-order chi connectivity index (χ0) is 24.8. The molecule has 0 amide bonds. The van der Waals surface area contributed by atoms with Crippen molar-refractivity contribution in [3.8, 4) is 0 Å². The molecule has 2 nitrogen and oxygen atoms in total. The molecule has 0 spiro atoms. The molecule has 0 atom stereocenters. The number of aromatic nitrogens is 2. The molecule has 0 aliphatic heterocycles. The maximum Gasteiger partial charge on any atom is 0.166 e. The number of hydrogen-bond acceptors (Lipinski definition) is 3. The van der Waals surface area contributed by atoms with Crippen LogP contribution in [0, 0.1) is 0 Å². The number of H-pyrrole nitrogens is 1. The van der Waals surface area contributed by atoms with E-state index >= 15 is 0 Å². The van der Waals surface area contributed by atoms with E-state index in [2.05, 4.69) is 37.0 Å². The Kier molecular flexibility index (Phi) is 18.8. The monoisotopic (exact) mass is 518 g/mol. The van der Waals surface area contributed by atoms with Gasteiger partial charge in [-0.25, -0.2) is 4.98 Å². The number of nitrogens with one attached hydrogen (secondary N) is 1. The van der Waals surface area contributed by atoms with E-state index < -0.39 is 0 Å². The molecule has 2 aromatic rings. The molecule has 1 N–H and O–H groups in total. The fraction of sp³-hybridized carbons (Fsp3) is 0.774. The second-order valence-electron chi connectivity index (χ2n) is 10.3. The van der Waals surface area contributed by atoms with Gasteiger partial charge in [0.25, 0.3) is 0 Å². The van der Waals surface area contributed by atoms with Crippen LogP contribution in [0.15, 0.2) is 28.3 Å². The van der Waals surface area contributed by atoms with Crippen LogP contribution >= 0.6 is 23.5 Å². The van der Waals surface area contributed by atoms with Gasteiger partial charge in [-0.2, -0.15) is 0 Å². The van der Waals surface area contributed by atoms with E-state index in [9.17, 15) is 0 Å². The Morgan fingerprint density at radius 3 is 1.54 bits per heavy atom. The van der Waals surface area contributed by atoms with Crippen LogP contribution < -0.4 is 0 Å². The number of aromatic amines is 1. The van der Waals surface area contributed by atoms with E-state index in [0.717, 1.165) is 5.16 Å². The summed E-state index contributed by atoms with van der Waals surface area (Å²) in [6, 6.07) is 6.61. The van der Waals surface area contributed by atoms with Gasteiger partial charge in [-0.3, -0.25) is 0 Å². The normalized spacial score (nSPS) is 11.6. The van der Waals surface area contributed by atoms with Crippen LogP contribution in [0.3, 0.4) is 0 Å². The minimum atomic E-state index is 1.10. The molecule has 1 aromatic carbocycles. The lowest BCUT2D eigenvalue weighted by Crippen LogP contribution is -1.85. The number of hydrogen-bond donors (Lipinski definition) is 1. The fourth-order valence-corrected chi connectivity index (χ4v) is 6.61. The molecular formula is C31H54N2S2. The van der Waals surface area contributed by atoms with E-state index in [1.54, 1.807) is 0 Å². The van der Waals surface area contributed by atoms with Gasteiger partial charge in [-0.15, -0.1) is 11.8 Å². The first kappa shape index (κ1) is 30.6. The lowest BCUT2D eigenvalue weighted by Gasteiger charge is -2.04. The van der Waals surface area contributed by atoms with E-state index in [-0.39, 0.29) is 0 Å². The molecule has 0 fully saturated rings. The van der Waals surface area contributed by atoms with Crippen LogP contribution in [0.1, 0.15) is 142 Å². The summed E-state index contributed by atoms with van der Waals surface area (Å²) in [6.07, 6.45) is 28.0. The molecule has 0 saturated heterocycles. The third-order valence-corrected chi connectivity index (χ3v) is 9.04. The first-order valence-corrected chi connectivity index (χ1v) is 17.1. The quantitative estimate of drug-likeness (QED) is 0.111. The highest BCUT2D eigenvalue weighted by Crippen LogP contribution is 2.30. The van der Waals surface area contributed by atoms with Crippen molar-refractivity contribution in [1.29, 1.82) is 0 Å². The third-order valence-electron chi connectivity index (χ3n) is 6.95. The Morgan fingerprint density at radius 1 is 0.571 bits per heavy atom. The van der Waals surface area contributed by atoms with E-state index in [1.807, 2.05) is 23.5 Å². The summed E-state index contributed by atoms with van der Waals surface area (Å²) in [5.41, 5.74) is 2.37. The molecule has 0 radical (unpaired) electrons. The molecule has 1 heterocycles. The largest absolute Gasteiger partial charge is 0.333 e. The molecule has 2 rings (SSSR count). The molecule has 0 unspecified atom stereocenters. The predicted molar refractivity (Wildman–Crippen MR) is 161 cm³/mol. The number of benzene rings is 1. The van der Waals surface area contributed by atoms with Gasteiger partial charge in [0, 0.05) is 10.6 Å². The van der Waals surface area contributed by atoms with Crippen molar-refractivity contribution in [2.45, 2.75) is 152 Å². The van der Waals surface area contributed by atoms with Gasteiger partial charge in [0.15, 0.2) is 5.16 Å². The van der Waals surface area contributed by atoms with Crippen LogP contribution in [0.2, 0.25) is 0 Å². The Hall–Kier alpha value is -0.610. The predicted octanol–water partition coefficient (Wildman–Crippen LogP) is 11.6. The Morgan fingerprint density at radius 2 is 1.03 bits per heavy atom. The average Bonchev–Trinajstić information content (AvgIpc) is 3.29. The lowest BCUT2D eigenvalue weighted by atomic mass is 10.1. The van der Waals surface area contributed by atoms with Crippen molar-refractivity contribution in [2.24, 2.45) is 0 Å². The minimum absolute atomic E-state index is 1.10. The topological polar surface area (TPSA) is 28.7 Å². The Labute approximate surface area is 226 Å². The van der Waals surface area contributed by atoms with Gasteiger partial charge in [0.1, 0.15) is 5.52 Å². The lowest BCUT2D eigenvalue weighted by molar-refractivity contribution is 0.563. The van der Waals surface area contributed by atoms with Crippen LogP contribution in [-0.4, -0.2) is 21.5 Å². The summed E-state index contributed by atoms with van der Waals surface area (Å²) in [4.78, 5) is 9.85. The van der Waals surface area contributed by atoms with Crippen LogP contribution in [-0.2, 0) is 0 Å². The molecule has 0 aliphatic rings. The fourth-order valence-electron chi connectivity index (χ4n) is 4.70. The van der Waals surface area contributed by atoms with Gasteiger partial charge < -0.3 is 4.98 Å². The van der Waals surface area contributed by atoms with Gasteiger partial charge in [0.05, 0.1) is 5.52 Å². The number of nitrogens with zero attached hydrogens (tertiary/aromatic N) is 1. The smallest absolute Gasteiger partial charge is 0.166 e. The highest BCUT2D eigenvalue weighted by molar-refractivity contribution is 7.99. The molecule has 4 heteroatoms. The zero-order valence-corrected chi connectivity index (χ0v) is 24.7. The minimum Gasteiger partial charge on any atom is -0.333 e. The third kappa shape index (κ3) is 14.6. The van der Waals surface area contributed by atoms with E-state index in [1.165, 1.54) is 156 Å². The summed E-state index contributed by atoms with van der Waals surface area (Å²) in [5, 5.41) is 1.10.